The monoisotopic (exact) mass is 292 g/mol. The zero-order chi connectivity index (χ0) is 15.5. The van der Waals surface area contributed by atoms with Crippen LogP contribution in [0.5, 0.6) is 0 Å². The molecule has 0 aliphatic carbocycles. The third-order valence-electron chi connectivity index (χ3n) is 2.98. The third kappa shape index (κ3) is 4.22. The van der Waals surface area contributed by atoms with Crippen LogP contribution in [0.4, 0.5) is 10.2 Å². The molecule has 0 amide bonds. The lowest BCUT2D eigenvalue weighted by Crippen LogP contribution is -2.35. The van der Waals surface area contributed by atoms with Crippen molar-refractivity contribution in [2.24, 2.45) is 0 Å². The number of aromatic nitrogens is 4. The van der Waals surface area contributed by atoms with Gasteiger partial charge in [0.15, 0.2) is 11.6 Å². The van der Waals surface area contributed by atoms with E-state index in [-0.39, 0.29) is 23.2 Å². The summed E-state index contributed by atoms with van der Waals surface area (Å²) in [5, 5.41) is 12.8. The van der Waals surface area contributed by atoms with Crippen molar-refractivity contribution in [3.63, 3.8) is 0 Å². The first kappa shape index (κ1) is 15.4. The molecule has 1 atom stereocenters. The van der Waals surface area contributed by atoms with Crippen LogP contribution in [0.3, 0.4) is 0 Å². The van der Waals surface area contributed by atoms with Crippen LogP contribution in [-0.2, 0) is 6.54 Å². The van der Waals surface area contributed by atoms with Crippen LogP contribution in [0.15, 0.2) is 18.6 Å². The van der Waals surface area contributed by atoms with Gasteiger partial charge in [0.05, 0.1) is 6.04 Å². The second-order valence-electron chi connectivity index (χ2n) is 5.97. The number of aromatic amines is 1. The second-order valence-corrected chi connectivity index (χ2v) is 5.97. The van der Waals surface area contributed by atoms with E-state index < -0.39 is 0 Å². The Balaban J connectivity index is 2.10. The van der Waals surface area contributed by atoms with E-state index in [1.54, 1.807) is 12.3 Å². The number of pyridine rings is 1. The summed E-state index contributed by atoms with van der Waals surface area (Å²) in [5.41, 5.74) is 0.503. The molecule has 0 spiro atoms. The normalized spacial score (nSPS) is 13.2. The van der Waals surface area contributed by atoms with Gasteiger partial charge in [-0.25, -0.2) is 14.4 Å². The molecule has 2 aromatic heterocycles. The lowest BCUT2D eigenvalue weighted by atomic mass is 10.1. The summed E-state index contributed by atoms with van der Waals surface area (Å²) in [6, 6.07) is 1.47. The number of rotatable bonds is 5. The molecule has 7 heteroatoms. The Morgan fingerprint density at radius 2 is 2.10 bits per heavy atom. The molecule has 0 aliphatic rings. The molecule has 0 fully saturated rings. The van der Waals surface area contributed by atoms with Gasteiger partial charge >= 0.3 is 0 Å². The Labute approximate surface area is 123 Å². The van der Waals surface area contributed by atoms with Gasteiger partial charge in [-0.1, -0.05) is 0 Å². The molecule has 2 heterocycles. The zero-order valence-electron chi connectivity index (χ0n) is 12.7. The third-order valence-corrected chi connectivity index (χ3v) is 2.98. The number of hydrogen-bond donors (Lipinski definition) is 3. The summed E-state index contributed by atoms with van der Waals surface area (Å²) >= 11 is 0. The fourth-order valence-corrected chi connectivity index (χ4v) is 1.78. The minimum atomic E-state index is -0.347. The number of halogens is 1. The highest BCUT2D eigenvalue weighted by molar-refractivity contribution is 5.41. The minimum Gasteiger partial charge on any atom is -0.358 e. The number of anilines is 1. The maximum absolute atomic E-state index is 14.4. The summed E-state index contributed by atoms with van der Waals surface area (Å²) in [6.45, 7) is 8.43. The summed E-state index contributed by atoms with van der Waals surface area (Å²) < 4.78 is 14.4. The van der Waals surface area contributed by atoms with Crippen molar-refractivity contribution < 1.29 is 4.39 Å². The van der Waals surface area contributed by atoms with Crippen LogP contribution in [0.2, 0.25) is 0 Å². The second kappa shape index (κ2) is 6.17. The van der Waals surface area contributed by atoms with Gasteiger partial charge in [-0.05, 0) is 33.8 Å². The fourth-order valence-electron chi connectivity index (χ4n) is 1.78. The van der Waals surface area contributed by atoms with E-state index >= 15 is 0 Å². The average molecular weight is 292 g/mol. The molecule has 0 aliphatic heterocycles. The lowest BCUT2D eigenvalue weighted by molar-refractivity contribution is 0.418. The number of nitrogens with one attached hydrogen (secondary N) is 3. The highest BCUT2D eigenvalue weighted by Crippen LogP contribution is 2.20. The quantitative estimate of drug-likeness (QED) is 0.788. The molecular weight excluding hydrogens is 271 g/mol. The SMILES string of the molecule is CC(Nc1nccc(CNC(C)(C)C)c1F)c1ncn[nH]1. The molecule has 0 aromatic carbocycles. The molecule has 0 saturated heterocycles. The predicted octanol–water partition coefficient (Wildman–Crippen LogP) is 2.40. The van der Waals surface area contributed by atoms with Gasteiger partial charge in [-0.3, -0.25) is 5.10 Å². The molecule has 1 unspecified atom stereocenters. The van der Waals surface area contributed by atoms with E-state index in [1.807, 2.05) is 27.7 Å². The lowest BCUT2D eigenvalue weighted by Gasteiger charge is -2.21. The maximum Gasteiger partial charge on any atom is 0.169 e. The van der Waals surface area contributed by atoms with Gasteiger partial charge in [-0.15, -0.1) is 0 Å². The van der Waals surface area contributed by atoms with Crippen molar-refractivity contribution in [3.8, 4) is 0 Å². The average Bonchev–Trinajstić information content (AvgIpc) is 2.92. The number of H-pyrrole nitrogens is 1. The van der Waals surface area contributed by atoms with Crippen molar-refractivity contribution in [2.75, 3.05) is 5.32 Å². The fraction of sp³-hybridized carbons (Fsp3) is 0.500. The van der Waals surface area contributed by atoms with Crippen molar-refractivity contribution in [2.45, 2.75) is 45.8 Å². The summed E-state index contributed by atoms with van der Waals surface area (Å²) in [5.74, 6) is 0.502. The van der Waals surface area contributed by atoms with E-state index in [0.717, 1.165) is 0 Å². The first-order valence-electron chi connectivity index (χ1n) is 6.87. The van der Waals surface area contributed by atoms with Crippen molar-refractivity contribution in [1.82, 2.24) is 25.5 Å². The minimum absolute atomic E-state index is 0.0730. The zero-order valence-corrected chi connectivity index (χ0v) is 12.7. The summed E-state index contributed by atoms with van der Waals surface area (Å²) in [7, 11) is 0. The Morgan fingerprint density at radius 3 is 2.71 bits per heavy atom. The Bertz CT molecular complexity index is 576. The van der Waals surface area contributed by atoms with E-state index in [1.165, 1.54) is 6.33 Å². The van der Waals surface area contributed by atoms with Crippen LogP contribution in [0, 0.1) is 5.82 Å². The molecular formula is C14H21FN6. The van der Waals surface area contributed by atoms with E-state index in [0.29, 0.717) is 17.9 Å². The van der Waals surface area contributed by atoms with Crippen LogP contribution in [0.25, 0.3) is 0 Å². The smallest absolute Gasteiger partial charge is 0.169 e. The number of hydrogen-bond acceptors (Lipinski definition) is 5. The molecule has 0 bridgehead atoms. The molecule has 114 valence electrons. The topological polar surface area (TPSA) is 78.5 Å². The van der Waals surface area contributed by atoms with Gasteiger partial charge in [0.25, 0.3) is 0 Å². The summed E-state index contributed by atoms with van der Waals surface area (Å²) in [6.07, 6.45) is 3.01. The first-order chi connectivity index (χ1) is 9.87. The highest BCUT2D eigenvalue weighted by atomic mass is 19.1. The van der Waals surface area contributed by atoms with Gasteiger partial charge in [0.1, 0.15) is 12.2 Å². The maximum atomic E-state index is 14.4. The molecule has 2 rings (SSSR count). The van der Waals surface area contributed by atoms with Gasteiger partial charge in [-0.2, -0.15) is 5.10 Å². The van der Waals surface area contributed by atoms with E-state index in [4.69, 9.17) is 0 Å². The van der Waals surface area contributed by atoms with Crippen LogP contribution >= 0.6 is 0 Å². The largest absolute Gasteiger partial charge is 0.358 e. The van der Waals surface area contributed by atoms with Crippen LogP contribution < -0.4 is 10.6 Å². The predicted molar refractivity (Wildman–Crippen MR) is 79.2 cm³/mol. The first-order valence-corrected chi connectivity index (χ1v) is 6.87. The Morgan fingerprint density at radius 1 is 1.33 bits per heavy atom. The van der Waals surface area contributed by atoms with Gasteiger partial charge in [0.2, 0.25) is 0 Å². The highest BCUT2D eigenvalue weighted by Gasteiger charge is 2.16. The standard InChI is InChI=1S/C14H21FN6/c1-9(12-17-8-19-21-12)20-13-11(15)10(5-6-16-13)7-18-14(2,3)4/h5-6,8-9,18H,7H2,1-4H3,(H,16,20)(H,17,19,21). The van der Waals surface area contributed by atoms with Crippen LogP contribution in [-0.4, -0.2) is 25.7 Å². The van der Waals surface area contributed by atoms with E-state index in [2.05, 4.69) is 30.8 Å². The Kier molecular flexibility index (Phi) is 4.52. The van der Waals surface area contributed by atoms with Crippen LogP contribution in [0.1, 0.15) is 45.1 Å². The molecule has 6 nitrogen and oxygen atoms in total. The molecule has 0 saturated carbocycles. The molecule has 3 N–H and O–H groups in total. The van der Waals surface area contributed by atoms with Crippen molar-refractivity contribution in [3.05, 3.63) is 35.8 Å². The van der Waals surface area contributed by atoms with E-state index in [9.17, 15) is 4.39 Å². The van der Waals surface area contributed by atoms with Crippen molar-refractivity contribution >= 4 is 5.82 Å². The van der Waals surface area contributed by atoms with Gasteiger partial charge in [0, 0.05) is 23.8 Å². The summed E-state index contributed by atoms with van der Waals surface area (Å²) in [4.78, 5) is 8.10. The molecule has 2 aromatic rings. The molecule has 0 radical (unpaired) electrons. The number of nitrogens with zero attached hydrogens (tertiary/aromatic N) is 3. The van der Waals surface area contributed by atoms with Crippen molar-refractivity contribution in [1.29, 1.82) is 0 Å². The van der Waals surface area contributed by atoms with Gasteiger partial charge < -0.3 is 10.6 Å². The Hall–Kier alpha value is -2.02. The molecule has 21 heavy (non-hydrogen) atoms.